The molecule has 0 bridgehead atoms. The minimum atomic E-state index is -0.349. The number of ether oxygens (including phenoxy) is 1. The average molecular weight is 385 g/mol. The number of thiocarbonyl (C=S) groups is 1. The summed E-state index contributed by atoms with van der Waals surface area (Å²) in [5.74, 6) is 0.0349. The van der Waals surface area contributed by atoms with Gasteiger partial charge in [0.1, 0.15) is 5.75 Å². The predicted octanol–water partition coefficient (Wildman–Crippen LogP) is 3.35. The molecule has 0 saturated heterocycles. The summed E-state index contributed by atoms with van der Waals surface area (Å²) in [4.78, 5) is 24.2. The van der Waals surface area contributed by atoms with Gasteiger partial charge in [-0.1, -0.05) is 19.1 Å². The van der Waals surface area contributed by atoms with E-state index in [0.717, 1.165) is 6.42 Å². The number of benzene rings is 2. The summed E-state index contributed by atoms with van der Waals surface area (Å²) in [6, 6.07) is 13.8. The Bertz CT molecular complexity index is 806. The largest absolute Gasteiger partial charge is 0.493 e. The molecule has 7 heteroatoms. The van der Waals surface area contributed by atoms with Crippen molar-refractivity contribution in [1.82, 2.24) is 10.6 Å². The van der Waals surface area contributed by atoms with E-state index in [4.69, 9.17) is 17.0 Å². The number of carbonyl (C=O) groups excluding carboxylic acids is 2. The Kier molecular flexibility index (Phi) is 7.76. The quantitative estimate of drug-likeness (QED) is 0.637. The lowest BCUT2D eigenvalue weighted by atomic mass is 10.2. The summed E-state index contributed by atoms with van der Waals surface area (Å²) in [5.41, 5.74) is 1.64. The fourth-order valence-electron chi connectivity index (χ4n) is 2.29. The van der Waals surface area contributed by atoms with Gasteiger partial charge in [-0.2, -0.15) is 0 Å². The molecule has 0 spiro atoms. The van der Waals surface area contributed by atoms with Gasteiger partial charge >= 0.3 is 0 Å². The lowest BCUT2D eigenvalue weighted by Gasteiger charge is -2.13. The summed E-state index contributed by atoms with van der Waals surface area (Å²) in [5, 5.41) is 8.47. The number of hydrogen-bond acceptors (Lipinski definition) is 4. The minimum Gasteiger partial charge on any atom is -0.493 e. The topological polar surface area (TPSA) is 79.5 Å². The van der Waals surface area contributed by atoms with Crippen LogP contribution in [0.4, 0.5) is 5.69 Å². The first kappa shape index (κ1) is 20.4. The Labute approximate surface area is 164 Å². The summed E-state index contributed by atoms with van der Waals surface area (Å²) in [6.45, 7) is 4.96. The van der Waals surface area contributed by atoms with Crippen LogP contribution in [0.1, 0.15) is 41.0 Å². The molecule has 0 saturated carbocycles. The van der Waals surface area contributed by atoms with E-state index in [-0.39, 0.29) is 16.9 Å². The van der Waals surface area contributed by atoms with Crippen LogP contribution < -0.4 is 20.7 Å². The van der Waals surface area contributed by atoms with Crippen molar-refractivity contribution in [2.45, 2.75) is 20.3 Å². The highest BCUT2D eigenvalue weighted by molar-refractivity contribution is 7.80. The highest BCUT2D eigenvalue weighted by Gasteiger charge is 2.13. The van der Waals surface area contributed by atoms with E-state index in [1.807, 2.05) is 19.9 Å². The number of carbonyl (C=O) groups is 2. The second-order valence-corrected chi connectivity index (χ2v) is 6.10. The maximum atomic E-state index is 12.5. The third kappa shape index (κ3) is 6.07. The van der Waals surface area contributed by atoms with E-state index >= 15 is 0 Å². The van der Waals surface area contributed by atoms with Gasteiger partial charge < -0.3 is 15.4 Å². The smallest absolute Gasteiger partial charge is 0.261 e. The molecular formula is C20H23N3O3S. The van der Waals surface area contributed by atoms with Crippen LogP contribution >= 0.6 is 12.2 Å². The highest BCUT2D eigenvalue weighted by atomic mass is 32.1. The van der Waals surface area contributed by atoms with Crippen LogP contribution in [0, 0.1) is 0 Å². The van der Waals surface area contributed by atoms with Crippen LogP contribution in [0.25, 0.3) is 0 Å². The fourth-order valence-corrected chi connectivity index (χ4v) is 2.50. The molecule has 0 aliphatic carbocycles. The molecule has 0 aliphatic heterocycles. The summed E-state index contributed by atoms with van der Waals surface area (Å²) in [7, 11) is 0. The van der Waals surface area contributed by atoms with Crippen molar-refractivity contribution in [3.63, 3.8) is 0 Å². The zero-order valence-electron chi connectivity index (χ0n) is 15.4. The van der Waals surface area contributed by atoms with Crippen LogP contribution in [0.2, 0.25) is 0 Å². The van der Waals surface area contributed by atoms with Gasteiger partial charge in [-0.3, -0.25) is 14.9 Å². The first-order valence-corrected chi connectivity index (χ1v) is 9.18. The van der Waals surface area contributed by atoms with Gasteiger partial charge in [0.15, 0.2) is 5.11 Å². The van der Waals surface area contributed by atoms with Gasteiger partial charge in [0.05, 0.1) is 12.2 Å². The van der Waals surface area contributed by atoms with Crippen molar-refractivity contribution in [2.24, 2.45) is 0 Å². The molecule has 0 atom stereocenters. The molecule has 0 heterocycles. The molecule has 0 unspecified atom stereocenters. The monoisotopic (exact) mass is 385 g/mol. The summed E-state index contributed by atoms with van der Waals surface area (Å²) < 4.78 is 5.60. The summed E-state index contributed by atoms with van der Waals surface area (Å²) in [6.07, 6.45) is 0.849. The number of rotatable bonds is 7. The van der Waals surface area contributed by atoms with Gasteiger partial charge in [-0.25, -0.2) is 0 Å². The average Bonchev–Trinajstić information content (AvgIpc) is 2.67. The Balaban J connectivity index is 1.97. The lowest BCUT2D eigenvalue weighted by molar-refractivity contribution is 0.0952. The maximum Gasteiger partial charge on any atom is 0.261 e. The third-order valence-corrected chi connectivity index (χ3v) is 3.77. The molecule has 3 N–H and O–H groups in total. The highest BCUT2D eigenvalue weighted by Crippen LogP contribution is 2.18. The predicted molar refractivity (Wildman–Crippen MR) is 110 cm³/mol. The number of anilines is 1. The summed E-state index contributed by atoms with van der Waals surface area (Å²) >= 11 is 5.21. The van der Waals surface area contributed by atoms with Crippen LogP contribution in [-0.4, -0.2) is 30.1 Å². The second-order valence-electron chi connectivity index (χ2n) is 5.69. The molecule has 2 aromatic rings. The zero-order valence-corrected chi connectivity index (χ0v) is 16.2. The molecule has 2 amide bonds. The molecule has 6 nitrogen and oxygen atoms in total. The van der Waals surface area contributed by atoms with Crippen LogP contribution in [0.5, 0.6) is 5.75 Å². The van der Waals surface area contributed by atoms with E-state index in [1.54, 1.807) is 42.5 Å². The molecule has 0 fully saturated rings. The van der Waals surface area contributed by atoms with Crippen LogP contribution in [-0.2, 0) is 0 Å². The fraction of sp³-hybridized carbons (Fsp3) is 0.250. The molecule has 2 rings (SSSR count). The normalized spacial score (nSPS) is 10.0. The molecule has 0 aromatic heterocycles. The van der Waals surface area contributed by atoms with Gasteiger partial charge in [0, 0.05) is 17.8 Å². The van der Waals surface area contributed by atoms with Crippen molar-refractivity contribution < 1.29 is 14.3 Å². The first-order chi connectivity index (χ1) is 13.0. The lowest BCUT2D eigenvalue weighted by Crippen LogP contribution is -2.34. The number of nitrogens with one attached hydrogen (secondary N) is 3. The van der Waals surface area contributed by atoms with E-state index in [9.17, 15) is 9.59 Å². The van der Waals surface area contributed by atoms with Crippen LogP contribution in [0.15, 0.2) is 48.5 Å². The Hall–Kier alpha value is -2.93. The van der Waals surface area contributed by atoms with Crippen molar-refractivity contribution in [1.29, 1.82) is 0 Å². The Morgan fingerprint density at radius 1 is 1.00 bits per heavy atom. The number of amides is 2. The van der Waals surface area contributed by atoms with E-state index in [0.29, 0.717) is 35.7 Å². The van der Waals surface area contributed by atoms with E-state index in [2.05, 4.69) is 16.0 Å². The van der Waals surface area contributed by atoms with Crippen LogP contribution in [0.3, 0.4) is 0 Å². The Morgan fingerprint density at radius 3 is 2.37 bits per heavy atom. The maximum absolute atomic E-state index is 12.5. The minimum absolute atomic E-state index is 0.136. The van der Waals surface area contributed by atoms with Gasteiger partial charge in [-0.05, 0) is 62.0 Å². The van der Waals surface area contributed by atoms with Crippen molar-refractivity contribution in [3.05, 3.63) is 59.7 Å². The zero-order chi connectivity index (χ0) is 19.6. The third-order valence-electron chi connectivity index (χ3n) is 3.56. The molecule has 2 aromatic carbocycles. The van der Waals surface area contributed by atoms with Gasteiger partial charge in [0.25, 0.3) is 11.8 Å². The molecule has 27 heavy (non-hydrogen) atoms. The first-order valence-electron chi connectivity index (χ1n) is 8.77. The number of hydrogen-bond donors (Lipinski definition) is 3. The van der Waals surface area contributed by atoms with Crippen molar-refractivity contribution in [2.75, 3.05) is 18.5 Å². The molecule has 142 valence electrons. The standard InChI is InChI=1S/C20H23N3O3S/c1-3-13-26-17-8-6-5-7-16(17)19(25)23-20(27)22-15-11-9-14(10-12-15)18(24)21-4-2/h5-12H,3-4,13H2,1-2H3,(H,21,24)(H2,22,23,25,27). The van der Waals surface area contributed by atoms with E-state index < -0.39 is 0 Å². The molecule has 0 aliphatic rings. The molecular weight excluding hydrogens is 362 g/mol. The van der Waals surface area contributed by atoms with Gasteiger partial charge in [-0.15, -0.1) is 0 Å². The number of para-hydroxylation sites is 1. The van der Waals surface area contributed by atoms with E-state index in [1.165, 1.54) is 0 Å². The SMILES string of the molecule is CCCOc1ccccc1C(=O)NC(=S)Nc1ccc(C(=O)NCC)cc1. The molecule has 0 radical (unpaired) electrons. The van der Waals surface area contributed by atoms with Gasteiger partial charge in [0.2, 0.25) is 0 Å². The second kappa shape index (κ2) is 10.3. The van der Waals surface area contributed by atoms with Crippen molar-refractivity contribution in [3.8, 4) is 5.75 Å². The van der Waals surface area contributed by atoms with Crippen molar-refractivity contribution >= 4 is 34.8 Å². The Morgan fingerprint density at radius 2 is 1.70 bits per heavy atom.